The van der Waals surface area contributed by atoms with Crippen LogP contribution in [0.5, 0.6) is 0 Å². The number of amides is 1. The molecule has 0 saturated carbocycles. The third kappa shape index (κ3) is 5.71. The van der Waals surface area contributed by atoms with Gasteiger partial charge in [-0.05, 0) is 63.8 Å². The average Bonchev–Trinajstić information content (AvgIpc) is 3.19. The van der Waals surface area contributed by atoms with Gasteiger partial charge in [0.15, 0.2) is 11.4 Å². The lowest BCUT2D eigenvalue weighted by Gasteiger charge is -2.21. The van der Waals surface area contributed by atoms with Crippen molar-refractivity contribution in [3.05, 3.63) is 54.4 Å². The molecule has 10 heteroatoms. The fourth-order valence-electron chi connectivity index (χ4n) is 4.01. The number of fused-ring (bicyclic) bond motifs is 1. The molecule has 3 aromatic rings. The van der Waals surface area contributed by atoms with Crippen LogP contribution in [-0.4, -0.2) is 48.1 Å². The van der Waals surface area contributed by atoms with E-state index in [1.807, 2.05) is 0 Å². The zero-order valence-corrected chi connectivity index (χ0v) is 20.8. The summed E-state index contributed by atoms with van der Waals surface area (Å²) in [6, 6.07) is 11.0. The van der Waals surface area contributed by atoms with Crippen molar-refractivity contribution in [1.29, 1.82) is 0 Å². The molecular weight excluding hydrogens is 470 g/mol. The molecule has 0 atom stereocenters. The standard InChI is InChI=1S/C25H29N3O6S/c1-25(2,3)34-24(30)27-19-14-18-15-21(22(29)13-17-9-11-33-12-10-17)28(23(18)26-16-19)35(31,32)20-7-5-4-6-8-20/h4-8,14-17H,9-13H2,1-3H3,(H,27,30). The number of pyridine rings is 1. The number of aromatic nitrogens is 2. The molecule has 0 bridgehead atoms. The van der Waals surface area contributed by atoms with Gasteiger partial charge in [0.2, 0.25) is 0 Å². The van der Waals surface area contributed by atoms with Crippen molar-refractivity contribution in [1.82, 2.24) is 8.96 Å². The Kier molecular flexibility index (Phi) is 6.95. The van der Waals surface area contributed by atoms with E-state index in [0.29, 0.717) is 24.3 Å². The number of rotatable bonds is 6. The van der Waals surface area contributed by atoms with Gasteiger partial charge in [-0.1, -0.05) is 18.2 Å². The van der Waals surface area contributed by atoms with E-state index in [1.54, 1.807) is 45.0 Å². The lowest BCUT2D eigenvalue weighted by Crippen LogP contribution is -2.27. The zero-order valence-electron chi connectivity index (χ0n) is 20.0. The summed E-state index contributed by atoms with van der Waals surface area (Å²) >= 11 is 0. The molecule has 1 N–H and O–H groups in total. The summed E-state index contributed by atoms with van der Waals surface area (Å²) in [4.78, 5) is 29.9. The minimum Gasteiger partial charge on any atom is -0.444 e. The van der Waals surface area contributed by atoms with Gasteiger partial charge in [0.1, 0.15) is 11.3 Å². The van der Waals surface area contributed by atoms with E-state index >= 15 is 0 Å². The van der Waals surface area contributed by atoms with Crippen molar-refractivity contribution in [3.8, 4) is 0 Å². The van der Waals surface area contributed by atoms with Crippen molar-refractivity contribution in [2.24, 2.45) is 5.92 Å². The second-order valence-electron chi connectivity index (χ2n) is 9.56. The Morgan fingerprint density at radius 1 is 1.14 bits per heavy atom. The number of ether oxygens (including phenoxy) is 2. The maximum Gasteiger partial charge on any atom is 0.412 e. The van der Waals surface area contributed by atoms with Crippen LogP contribution in [0.4, 0.5) is 10.5 Å². The summed E-state index contributed by atoms with van der Waals surface area (Å²) < 4.78 is 38.9. The third-order valence-electron chi connectivity index (χ3n) is 5.63. The second-order valence-corrected chi connectivity index (χ2v) is 11.3. The van der Waals surface area contributed by atoms with Crippen LogP contribution < -0.4 is 5.32 Å². The van der Waals surface area contributed by atoms with Gasteiger partial charge in [-0.2, -0.15) is 0 Å². The number of ketones is 1. The highest BCUT2D eigenvalue weighted by Gasteiger charge is 2.29. The maximum atomic E-state index is 13.6. The van der Waals surface area contributed by atoms with Gasteiger partial charge < -0.3 is 9.47 Å². The van der Waals surface area contributed by atoms with E-state index in [9.17, 15) is 18.0 Å². The molecule has 186 valence electrons. The molecule has 3 heterocycles. The summed E-state index contributed by atoms with van der Waals surface area (Å²) in [7, 11) is -4.10. The Morgan fingerprint density at radius 2 is 1.83 bits per heavy atom. The van der Waals surface area contributed by atoms with Crippen LogP contribution in [-0.2, 0) is 19.5 Å². The number of carbonyl (C=O) groups excluding carboxylic acids is 2. The van der Waals surface area contributed by atoms with Crippen molar-refractivity contribution >= 4 is 38.6 Å². The highest BCUT2D eigenvalue weighted by Crippen LogP contribution is 2.29. The van der Waals surface area contributed by atoms with E-state index in [-0.39, 0.29) is 34.4 Å². The van der Waals surface area contributed by atoms with Crippen molar-refractivity contribution < 1.29 is 27.5 Å². The predicted molar refractivity (Wildman–Crippen MR) is 131 cm³/mol. The topological polar surface area (TPSA) is 117 Å². The summed E-state index contributed by atoms with van der Waals surface area (Å²) in [5.41, 5.74) is -0.209. The third-order valence-corrected chi connectivity index (χ3v) is 7.34. The Bertz CT molecular complexity index is 1340. The number of carbonyl (C=O) groups is 2. The SMILES string of the molecule is CC(C)(C)OC(=O)Nc1cnc2c(c1)cc(C(=O)CC1CCOCC1)n2S(=O)(=O)c1ccccc1. The van der Waals surface area contributed by atoms with E-state index in [2.05, 4.69) is 10.3 Å². The molecular formula is C25H29N3O6S. The first-order valence-corrected chi connectivity index (χ1v) is 12.9. The molecule has 4 rings (SSSR count). The van der Waals surface area contributed by atoms with Crippen LogP contribution in [0, 0.1) is 5.92 Å². The Morgan fingerprint density at radius 3 is 2.49 bits per heavy atom. The fourth-order valence-corrected chi connectivity index (χ4v) is 5.52. The Hall–Kier alpha value is -3.24. The zero-order chi connectivity index (χ0) is 25.2. The van der Waals surface area contributed by atoms with E-state index in [1.165, 1.54) is 24.4 Å². The summed E-state index contributed by atoms with van der Waals surface area (Å²) in [6.07, 6.45) is 2.40. The van der Waals surface area contributed by atoms with Crippen molar-refractivity contribution in [2.75, 3.05) is 18.5 Å². The smallest absolute Gasteiger partial charge is 0.412 e. The summed E-state index contributed by atoms with van der Waals surface area (Å²) in [5.74, 6) is -0.157. The summed E-state index contributed by atoms with van der Waals surface area (Å²) in [5, 5.41) is 3.01. The molecule has 0 unspecified atom stereocenters. The molecule has 1 fully saturated rings. The molecule has 2 aromatic heterocycles. The van der Waals surface area contributed by atoms with Gasteiger partial charge in [-0.25, -0.2) is 22.2 Å². The highest BCUT2D eigenvalue weighted by atomic mass is 32.2. The monoisotopic (exact) mass is 499 g/mol. The molecule has 1 amide bonds. The fraction of sp³-hybridized carbons (Fsp3) is 0.400. The first kappa shape index (κ1) is 24.9. The lowest BCUT2D eigenvalue weighted by atomic mass is 9.93. The number of anilines is 1. The number of nitrogens with zero attached hydrogens (tertiary/aromatic N) is 2. The molecule has 1 aliphatic rings. The largest absolute Gasteiger partial charge is 0.444 e. The number of nitrogens with one attached hydrogen (secondary N) is 1. The Balaban J connectivity index is 1.76. The first-order valence-electron chi connectivity index (χ1n) is 11.5. The van der Waals surface area contributed by atoms with Crippen LogP contribution in [0.2, 0.25) is 0 Å². The van der Waals surface area contributed by atoms with Crippen LogP contribution in [0.15, 0.2) is 53.6 Å². The quantitative estimate of drug-likeness (QED) is 0.492. The molecule has 9 nitrogen and oxygen atoms in total. The Labute approximate surface area is 204 Å². The molecule has 1 aromatic carbocycles. The minimum atomic E-state index is -4.10. The second kappa shape index (κ2) is 9.79. The van der Waals surface area contributed by atoms with Gasteiger partial charge >= 0.3 is 6.09 Å². The van der Waals surface area contributed by atoms with Gasteiger partial charge in [-0.15, -0.1) is 0 Å². The normalized spacial score (nSPS) is 15.2. The van der Waals surface area contributed by atoms with Crippen LogP contribution in [0.25, 0.3) is 11.0 Å². The lowest BCUT2D eigenvalue weighted by molar-refractivity contribution is 0.0598. The van der Waals surface area contributed by atoms with Gasteiger partial charge in [0, 0.05) is 25.0 Å². The van der Waals surface area contributed by atoms with E-state index < -0.39 is 21.7 Å². The van der Waals surface area contributed by atoms with Crippen LogP contribution in [0.1, 0.15) is 50.5 Å². The highest BCUT2D eigenvalue weighted by molar-refractivity contribution is 7.90. The molecule has 0 radical (unpaired) electrons. The number of hydrogen-bond donors (Lipinski definition) is 1. The van der Waals surface area contributed by atoms with Crippen molar-refractivity contribution in [3.63, 3.8) is 0 Å². The van der Waals surface area contributed by atoms with Crippen molar-refractivity contribution in [2.45, 2.75) is 50.5 Å². The molecule has 1 aliphatic heterocycles. The number of Topliss-reactive ketones (excluding diaryl/α,β-unsaturated/α-hetero) is 1. The van der Waals surface area contributed by atoms with Crippen LogP contribution in [0.3, 0.4) is 0 Å². The first-order chi connectivity index (χ1) is 16.5. The van der Waals surface area contributed by atoms with E-state index in [4.69, 9.17) is 9.47 Å². The van der Waals surface area contributed by atoms with E-state index in [0.717, 1.165) is 16.8 Å². The molecule has 0 spiro atoms. The molecule has 0 aliphatic carbocycles. The number of benzene rings is 1. The minimum absolute atomic E-state index is 0.0391. The predicted octanol–water partition coefficient (Wildman–Crippen LogP) is 4.62. The number of hydrogen-bond acceptors (Lipinski definition) is 7. The maximum absolute atomic E-state index is 13.6. The summed E-state index contributed by atoms with van der Waals surface area (Å²) in [6.45, 7) is 6.42. The van der Waals surface area contributed by atoms with Gasteiger partial charge in [0.25, 0.3) is 10.0 Å². The average molecular weight is 500 g/mol. The molecule has 1 saturated heterocycles. The van der Waals surface area contributed by atoms with Gasteiger partial charge in [-0.3, -0.25) is 10.1 Å². The van der Waals surface area contributed by atoms with Crippen LogP contribution >= 0.6 is 0 Å². The van der Waals surface area contributed by atoms with Gasteiger partial charge in [0.05, 0.1) is 16.8 Å². The molecule has 35 heavy (non-hydrogen) atoms.